The summed E-state index contributed by atoms with van der Waals surface area (Å²) in [6.07, 6.45) is 0.125. The molecule has 1 atom stereocenters. The van der Waals surface area contributed by atoms with E-state index in [0.29, 0.717) is 5.75 Å². The van der Waals surface area contributed by atoms with Gasteiger partial charge in [0.15, 0.2) is 11.5 Å². The first kappa shape index (κ1) is 9.83. The Morgan fingerprint density at radius 2 is 2.20 bits per heavy atom. The van der Waals surface area contributed by atoms with Crippen LogP contribution in [-0.4, -0.2) is 17.9 Å². The van der Waals surface area contributed by atoms with E-state index in [9.17, 15) is 4.79 Å². The van der Waals surface area contributed by atoms with Crippen molar-refractivity contribution in [3.63, 3.8) is 0 Å². The van der Waals surface area contributed by atoms with E-state index in [1.54, 1.807) is 0 Å². The summed E-state index contributed by atoms with van der Waals surface area (Å²) in [6.45, 7) is 2.12. The summed E-state index contributed by atoms with van der Waals surface area (Å²) in [4.78, 5) is 10.6. The Morgan fingerprint density at radius 3 is 2.93 bits per heavy atom. The highest BCUT2D eigenvalue weighted by Crippen LogP contribution is 2.35. The molecule has 1 N–H and O–H groups in total. The molecule has 15 heavy (non-hydrogen) atoms. The van der Waals surface area contributed by atoms with E-state index < -0.39 is 5.97 Å². The molecule has 1 heterocycles. The lowest BCUT2D eigenvalue weighted by atomic mass is 9.97. The molecular formula is C11H12O4. The zero-order valence-electron chi connectivity index (χ0n) is 8.40. The van der Waals surface area contributed by atoms with Crippen LogP contribution in [0.4, 0.5) is 0 Å². The van der Waals surface area contributed by atoms with Gasteiger partial charge in [0.1, 0.15) is 0 Å². The molecule has 0 spiro atoms. The third-order valence-corrected chi connectivity index (χ3v) is 2.45. The summed E-state index contributed by atoms with van der Waals surface area (Å²) in [7, 11) is 0. The Bertz CT molecular complexity index is 386. The van der Waals surface area contributed by atoms with Gasteiger partial charge in [0.05, 0.1) is 6.42 Å². The van der Waals surface area contributed by atoms with Crippen molar-refractivity contribution >= 4 is 5.97 Å². The predicted octanol–water partition coefficient (Wildman–Crippen LogP) is 1.99. The molecule has 4 nitrogen and oxygen atoms in total. The monoisotopic (exact) mass is 208 g/mol. The smallest absolute Gasteiger partial charge is 0.303 e. The second kappa shape index (κ2) is 3.81. The summed E-state index contributed by atoms with van der Waals surface area (Å²) in [5.41, 5.74) is 0.960. The van der Waals surface area contributed by atoms with Gasteiger partial charge in [-0.15, -0.1) is 0 Å². The lowest BCUT2D eigenvalue weighted by Crippen LogP contribution is -2.02. The van der Waals surface area contributed by atoms with Crippen molar-refractivity contribution in [1.29, 1.82) is 0 Å². The minimum absolute atomic E-state index is 0.0167. The van der Waals surface area contributed by atoms with Crippen molar-refractivity contribution in [2.45, 2.75) is 19.3 Å². The molecule has 2 rings (SSSR count). The molecule has 0 saturated carbocycles. The fourth-order valence-corrected chi connectivity index (χ4v) is 1.60. The third kappa shape index (κ3) is 2.03. The highest BCUT2D eigenvalue weighted by molar-refractivity contribution is 5.68. The number of fused-ring (bicyclic) bond motifs is 1. The van der Waals surface area contributed by atoms with Crippen LogP contribution in [0.25, 0.3) is 0 Å². The quantitative estimate of drug-likeness (QED) is 0.825. The number of ether oxygens (including phenoxy) is 2. The number of carbonyl (C=O) groups is 1. The van der Waals surface area contributed by atoms with Crippen LogP contribution in [0.5, 0.6) is 11.5 Å². The maximum Gasteiger partial charge on any atom is 0.303 e. The zero-order valence-corrected chi connectivity index (χ0v) is 8.40. The average molecular weight is 208 g/mol. The van der Waals surface area contributed by atoms with E-state index in [0.717, 1.165) is 11.3 Å². The largest absolute Gasteiger partial charge is 0.481 e. The number of rotatable bonds is 3. The van der Waals surface area contributed by atoms with Crippen LogP contribution >= 0.6 is 0 Å². The van der Waals surface area contributed by atoms with Crippen molar-refractivity contribution in [2.24, 2.45) is 0 Å². The molecule has 0 bridgehead atoms. The third-order valence-electron chi connectivity index (χ3n) is 2.45. The number of carboxylic acid groups (broad SMARTS) is 1. The molecule has 4 heteroatoms. The Morgan fingerprint density at radius 1 is 1.47 bits per heavy atom. The number of aliphatic carboxylic acids is 1. The van der Waals surface area contributed by atoms with Crippen LogP contribution in [-0.2, 0) is 4.79 Å². The lowest BCUT2D eigenvalue weighted by molar-refractivity contribution is -0.137. The number of benzene rings is 1. The van der Waals surface area contributed by atoms with Crippen molar-refractivity contribution < 1.29 is 19.4 Å². The van der Waals surface area contributed by atoms with E-state index in [4.69, 9.17) is 14.6 Å². The zero-order chi connectivity index (χ0) is 10.8. The molecule has 0 radical (unpaired) electrons. The van der Waals surface area contributed by atoms with Gasteiger partial charge < -0.3 is 14.6 Å². The molecule has 0 aromatic heterocycles. The van der Waals surface area contributed by atoms with Gasteiger partial charge in [-0.25, -0.2) is 0 Å². The van der Waals surface area contributed by atoms with Crippen molar-refractivity contribution in [3.8, 4) is 11.5 Å². The van der Waals surface area contributed by atoms with Gasteiger partial charge >= 0.3 is 5.97 Å². The van der Waals surface area contributed by atoms with Gasteiger partial charge in [-0.2, -0.15) is 0 Å². The Kier molecular flexibility index (Phi) is 2.49. The first-order valence-corrected chi connectivity index (χ1v) is 4.78. The van der Waals surface area contributed by atoms with Gasteiger partial charge in [-0.3, -0.25) is 4.79 Å². The summed E-state index contributed by atoms with van der Waals surface area (Å²) in [5, 5.41) is 8.68. The molecule has 1 aromatic rings. The van der Waals surface area contributed by atoms with E-state index in [1.165, 1.54) is 0 Å². The minimum Gasteiger partial charge on any atom is -0.481 e. The van der Waals surface area contributed by atoms with Crippen LogP contribution in [0.1, 0.15) is 24.8 Å². The van der Waals surface area contributed by atoms with Gasteiger partial charge in [-0.1, -0.05) is 13.0 Å². The summed E-state index contributed by atoms with van der Waals surface area (Å²) < 4.78 is 10.4. The molecule has 0 fully saturated rings. The highest BCUT2D eigenvalue weighted by Gasteiger charge is 2.16. The molecular weight excluding hydrogens is 196 g/mol. The molecule has 1 aliphatic rings. The Balaban J connectivity index is 2.19. The van der Waals surface area contributed by atoms with Crippen molar-refractivity contribution in [3.05, 3.63) is 23.8 Å². The fourth-order valence-electron chi connectivity index (χ4n) is 1.60. The Hall–Kier alpha value is -1.71. The summed E-state index contributed by atoms with van der Waals surface area (Å²) in [6, 6.07) is 5.53. The molecule has 0 amide bonds. The lowest BCUT2D eigenvalue weighted by Gasteiger charge is -2.09. The minimum atomic E-state index is -0.792. The topological polar surface area (TPSA) is 55.8 Å². The standard InChI is InChI=1S/C11H12O4/c1-7(4-11(12)13)8-2-3-9-10(5-8)15-6-14-9/h2-3,5,7H,4,6H2,1H3,(H,12,13)/t7-/m0/s1. The fraction of sp³-hybridized carbons (Fsp3) is 0.364. The van der Waals surface area contributed by atoms with Gasteiger partial charge in [0, 0.05) is 0 Å². The van der Waals surface area contributed by atoms with Gasteiger partial charge in [0.2, 0.25) is 6.79 Å². The Labute approximate surface area is 87.4 Å². The van der Waals surface area contributed by atoms with E-state index >= 15 is 0 Å². The number of carboxylic acids is 1. The van der Waals surface area contributed by atoms with Crippen LogP contribution < -0.4 is 9.47 Å². The second-order valence-corrected chi connectivity index (χ2v) is 3.61. The van der Waals surface area contributed by atoms with E-state index in [2.05, 4.69) is 0 Å². The molecule has 0 unspecified atom stereocenters. The second-order valence-electron chi connectivity index (χ2n) is 3.61. The van der Waals surface area contributed by atoms with E-state index in [1.807, 2.05) is 25.1 Å². The maximum atomic E-state index is 10.6. The average Bonchev–Trinajstić information content (AvgIpc) is 2.62. The predicted molar refractivity (Wildman–Crippen MR) is 53.2 cm³/mol. The SMILES string of the molecule is C[C@@H](CC(=O)O)c1ccc2c(c1)OCO2. The number of hydrogen-bond acceptors (Lipinski definition) is 3. The first-order valence-electron chi connectivity index (χ1n) is 4.78. The highest BCUT2D eigenvalue weighted by atomic mass is 16.7. The van der Waals surface area contributed by atoms with Crippen molar-refractivity contribution in [1.82, 2.24) is 0 Å². The molecule has 1 aromatic carbocycles. The van der Waals surface area contributed by atoms with Crippen LogP contribution in [0.3, 0.4) is 0 Å². The van der Waals surface area contributed by atoms with Crippen molar-refractivity contribution in [2.75, 3.05) is 6.79 Å². The van der Waals surface area contributed by atoms with Gasteiger partial charge in [-0.05, 0) is 23.6 Å². The van der Waals surface area contributed by atoms with Crippen LogP contribution in [0.2, 0.25) is 0 Å². The number of hydrogen-bond donors (Lipinski definition) is 1. The molecule has 1 aliphatic heterocycles. The normalized spacial score (nSPS) is 15.0. The van der Waals surface area contributed by atoms with Crippen LogP contribution in [0.15, 0.2) is 18.2 Å². The molecule has 80 valence electrons. The molecule has 0 saturated heterocycles. The van der Waals surface area contributed by atoms with Crippen LogP contribution in [0, 0.1) is 0 Å². The first-order chi connectivity index (χ1) is 7.16. The molecule has 0 aliphatic carbocycles. The summed E-state index contributed by atoms with van der Waals surface area (Å²) in [5.74, 6) is 0.614. The maximum absolute atomic E-state index is 10.6. The van der Waals surface area contributed by atoms with E-state index in [-0.39, 0.29) is 19.1 Å². The van der Waals surface area contributed by atoms with Gasteiger partial charge in [0.25, 0.3) is 0 Å². The summed E-state index contributed by atoms with van der Waals surface area (Å²) >= 11 is 0.